The number of alkyl halides is 3. The summed E-state index contributed by atoms with van der Waals surface area (Å²) in [5.41, 5.74) is 2.55. The molecule has 0 saturated carbocycles. The highest BCUT2D eigenvalue weighted by atomic mass is 19.4. The van der Waals surface area contributed by atoms with Gasteiger partial charge in [0, 0.05) is 19.0 Å². The minimum absolute atomic E-state index is 0.319. The lowest BCUT2D eigenvalue weighted by atomic mass is 10.1. The van der Waals surface area contributed by atoms with E-state index in [2.05, 4.69) is 10.1 Å². The van der Waals surface area contributed by atoms with Crippen LogP contribution >= 0.6 is 0 Å². The van der Waals surface area contributed by atoms with Gasteiger partial charge >= 0.3 is 6.36 Å². The van der Waals surface area contributed by atoms with Crippen LogP contribution in [-0.4, -0.2) is 24.0 Å². The SMILES string of the molecule is CC(CNCc1ccc(Oc2ccc(OC(F)(F)F)cc2)cc1)C(=O)NO. The summed E-state index contributed by atoms with van der Waals surface area (Å²) in [5.74, 6) is -0.254. The molecular formula is C18H19F3N2O4. The molecule has 0 aliphatic rings. The number of carbonyl (C=O) groups excluding carboxylic acids is 1. The number of rotatable bonds is 8. The lowest BCUT2D eigenvalue weighted by Gasteiger charge is -2.11. The molecule has 146 valence electrons. The summed E-state index contributed by atoms with van der Waals surface area (Å²) in [4.78, 5) is 11.2. The van der Waals surface area contributed by atoms with Gasteiger partial charge in [-0.3, -0.25) is 10.0 Å². The fourth-order valence-electron chi connectivity index (χ4n) is 2.16. The number of carbonyl (C=O) groups is 1. The zero-order valence-corrected chi connectivity index (χ0v) is 14.4. The Bertz CT molecular complexity index is 734. The van der Waals surface area contributed by atoms with E-state index in [0.717, 1.165) is 5.56 Å². The first-order chi connectivity index (χ1) is 12.8. The van der Waals surface area contributed by atoms with Crippen molar-refractivity contribution in [3.63, 3.8) is 0 Å². The number of nitrogens with one attached hydrogen (secondary N) is 2. The maximum atomic E-state index is 12.1. The molecule has 1 unspecified atom stereocenters. The molecule has 0 heterocycles. The van der Waals surface area contributed by atoms with Crippen molar-refractivity contribution in [1.29, 1.82) is 0 Å². The molecule has 9 heteroatoms. The third kappa shape index (κ3) is 7.16. The van der Waals surface area contributed by atoms with E-state index in [4.69, 9.17) is 9.94 Å². The Balaban J connectivity index is 1.84. The van der Waals surface area contributed by atoms with Crippen LogP contribution in [0.5, 0.6) is 17.2 Å². The van der Waals surface area contributed by atoms with E-state index in [9.17, 15) is 18.0 Å². The van der Waals surface area contributed by atoms with E-state index in [1.54, 1.807) is 24.5 Å². The minimum atomic E-state index is -4.73. The monoisotopic (exact) mass is 384 g/mol. The molecule has 6 nitrogen and oxygen atoms in total. The summed E-state index contributed by atoms with van der Waals surface area (Å²) in [6, 6.07) is 12.2. The third-order valence-corrected chi connectivity index (χ3v) is 3.55. The summed E-state index contributed by atoms with van der Waals surface area (Å²) in [7, 11) is 0. The molecule has 0 fully saturated rings. The van der Waals surface area contributed by atoms with Gasteiger partial charge in [0.1, 0.15) is 17.2 Å². The standard InChI is InChI=1S/C18H19F3N2O4/c1-12(17(24)23-25)10-22-11-13-2-4-14(5-3-13)26-15-6-8-16(9-7-15)27-18(19,20)21/h2-9,12,22,25H,10-11H2,1H3,(H,23,24). The van der Waals surface area contributed by atoms with Crippen molar-refractivity contribution in [2.75, 3.05) is 6.54 Å². The number of benzene rings is 2. The lowest BCUT2D eigenvalue weighted by molar-refractivity contribution is -0.274. The van der Waals surface area contributed by atoms with Crippen LogP contribution in [0.3, 0.4) is 0 Å². The molecule has 1 amide bonds. The van der Waals surface area contributed by atoms with Gasteiger partial charge in [0.15, 0.2) is 0 Å². The Hall–Kier alpha value is -2.78. The summed E-state index contributed by atoms with van der Waals surface area (Å²) in [6.45, 7) is 2.60. The van der Waals surface area contributed by atoms with Crippen LogP contribution in [0.15, 0.2) is 48.5 Å². The Morgan fingerprint density at radius 1 is 1.04 bits per heavy atom. The number of hydroxylamine groups is 1. The fraction of sp³-hybridized carbons (Fsp3) is 0.278. The number of hydrogen-bond donors (Lipinski definition) is 3. The molecule has 0 radical (unpaired) electrons. The molecular weight excluding hydrogens is 365 g/mol. The van der Waals surface area contributed by atoms with Gasteiger partial charge in [-0.15, -0.1) is 13.2 Å². The zero-order chi connectivity index (χ0) is 19.9. The van der Waals surface area contributed by atoms with Crippen LogP contribution in [0.4, 0.5) is 13.2 Å². The smallest absolute Gasteiger partial charge is 0.457 e. The van der Waals surface area contributed by atoms with Crippen LogP contribution in [-0.2, 0) is 11.3 Å². The van der Waals surface area contributed by atoms with Gasteiger partial charge in [-0.25, -0.2) is 5.48 Å². The molecule has 0 spiro atoms. The second kappa shape index (κ2) is 9.24. The quantitative estimate of drug-likeness (QED) is 0.479. The molecule has 0 aliphatic heterocycles. The zero-order valence-electron chi connectivity index (χ0n) is 14.4. The van der Waals surface area contributed by atoms with Crippen molar-refractivity contribution >= 4 is 5.91 Å². The third-order valence-electron chi connectivity index (χ3n) is 3.55. The van der Waals surface area contributed by atoms with Gasteiger partial charge < -0.3 is 14.8 Å². The number of ether oxygens (including phenoxy) is 2. The highest BCUT2D eigenvalue weighted by Gasteiger charge is 2.30. The normalized spacial score (nSPS) is 12.3. The van der Waals surface area contributed by atoms with Crippen LogP contribution < -0.4 is 20.3 Å². The van der Waals surface area contributed by atoms with Crippen LogP contribution in [0.1, 0.15) is 12.5 Å². The van der Waals surface area contributed by atoms with Crippen LogP contribution in [0, 0.1) is 5.92 Å². The maximum absolute atomic E-state index is 12.1. The molecule has 1 atom stereocenters. The Morgan fingerprint density at radius 2 is 1.56 bits per heavy atom. The molecule has 2 aromatic carbocycles. The van der Waals surface area contributed by atoms with Crippen molar-refractivity contribution in [2.24, 2.45) is 5.92 Å². The fourth-order valence-corrected chi connectivity index (χ4v) is 2.16. The summed E-state index contributed by atoms with van der Waals surface area (Å²) in [6.07, 6.45) is -4.73. The first-order valence-corrected chi connectivity index (χ1v) is 8.04. The van der Waals surface area contributed by atoms with Gasteiger partial charge in [0.25, 0.3) is 0 Å². The predicted molar refractivity (Wildman–Crippen MR) is 90.4 cm³/mol. The Labute approximate surface area is 153 Å². The van der Waals surface area contributed by atoms with E-state index in [-0.39, 0.29) is 11.7 Å². The number of halogens is 3. The average Bonchev–Trinajstić information content (AvgIpc) is 2.62. The van der Waals surface area contributed by atoms with E-state index in [1.807, 2.05) is 12.1 Å². The van der Waals surface area contributed by atoms with Crippen molar-refractivity contribution < 1.29 is 32.6 Å². The molecule has 2 rings (SSSR count). The summed E-state index contributed by atoms with van der Waals surface area (Å²) >= 11 is 0. The van der Waals surface area contributed by atoms with E-state index >= 15 is 0 Å². The highest BCUT2D eigenvalue weighted by molar-refractivity contribution is 5.77. The topological polar surface area (TPSA) is 79.8 Å². The summed E-state index contributed by atoms with van der Waals surface area (Å²) < 4.78 is 45.7. The first-order valence-electron chi connectivity index (χ1n) is 8.04. The maximum Gasteiger partial charge on any atom is 0.573 e. The van der Waals surface area contributed by atoms with Gasteiger partial charge in [-0.05, 0) is 42.0 Å². The van der Waals surface area contributed by atoms with E-state index < -0.39 is 12.3 Å². The molecule has 0 saturated heterocycles. The number of hydrogen-bond acceptors (Lipinski definition) is 5. The molecule has 27 heavy (non-hydrogen) atoms. The second-order valence-electron chi connectivity index (χ2n) is 5.77. The molecule has 0 aliphatic carbocycles. The van der Waals surface area contributed by atoms with E-state index in [1.165, 1.54) is 24.3 Å². The molecule has 0 bridgehead atoms. The largest absolute Gasteiger partial charge is 0.573 e. The molecule has 3 N–H and O–H groups in total. The van der Waals surface area contributed by atoms with Gasteiger partial charge in [-0.2, -0.15) is 0 Å². The van der Waals surface area contributed by atoms with E-state index in [0.29, 0.717) is 24.6 Å². The predicted octanol–water partition coefficient (Wildman–Crippen LogP) is 3.61. The second-order valence-corrected chi connectivity index (χ2v) is 5.77. The van der Waals surface area contributed by atoms with Crippen molar-refractivity contribution in [2.45, 2.75) is 19.8 Å². The van der Waals surface area contributed by atoms with Gasteiger partial charge in [0.05, 0.1) is 0 Å². The van der Waals surface area contributed by atoms with Crippen LogP contribution in [0.25, 0.3) is 0 Å². The molecule has 2 aromatic rings. The highest BCUT2D eigenvalue weighted by Crippen LogP contribution is 2.27. The first kappa shape index (κ1) is 20.5. The Morgan fingerprint density at radius 3 is 2.07 bits per heavy atom. The van der Waals surface area contributed by atoms with Crippen molar-refractivity contribution in [1.82, 2.24) is 10.8 Å². The van der Waals surface area contributed by atoms with Gasteiger partial charge in [0.2, 0.25) is 5.91 Å². The van der Waals surface area contributed by atoms with Gasteiger partial charge in [-0.1, -0.05) is 19.1 Å². The van der Waals surface area contributed by atoms with Crippen LogP contribution in [0.2, 0.25) is 0 Å². The molecule has 0 aromatic heterocycles. The Kier molecular flexibility index (Phi) is 7.03. The average molecular weight is 384 g/mol. The summed E-state index contributed by atoms with van der Waals surface area (Å²) in [5, 5.41) is 11.6. The lowest BCUT2D eigenvalue weighted by Crippen LogP contribution is -2.33. The number of amides is 1. The van der Waals surface area contributed by atoms with Crippen molar-refractivity contribution in [3.8, 4) is 17.2 Å². The minimum Gasteiger partial charge on any atom is -0.457 e. The van der Waals surface area contributed by atoms with Crippen molar-refractivity contribution in [3.05, 3.63) is 54.1 Å².